The number of amides is 2. The number of nitrogens with one attached hydrogen (secondary N) is 1. The molecular formula is C17H16N2O2. The molecule has 2 rings (SSSR count). The van der Waals surface area contributed by atoms with E-state index in [0.717, 1.165) is 11.1 Å². The maximum atomic E-state index is 11.9. The van der Waals surface area contributed by atoms with Crippen molar-refractivity contribution in [3.8, 4) is 0 Å². The fourth-order valence-corrected chi connectivity index (χ4v) is 1.87. The Morgan fingerprint density at radius 2 is 1.86 bits per heavy atom. The number of benzene rings is 2. The van der Waals surface area contributed by atoms with E-state index in [1.54, 1.807) is 30.3 Å². The highest BCUT2D eigenvalue weighted by Crippen LogP contribution is 2.11. The van der Waals surface area contributed by atoms with Gasteiger partial charge in [0.1, 0.15) is 0 Å². The first-order valence-electron chi connectivity index (χ1n) is 6.51. The Morgan fingerprint density at radius 3 is 2.57 bits per heavy atom. The fraction of sp³-hybridized carbons (Fsp3) is 0.0588. The van der Waals surface area contributed by atoms with Gasteiger partial charge in [-0.15, -0.1) is 0 Å². The van der Waals surface area contributed by atoms with Crippen molar-refractivity contribution in [1.29, 1.82) is 0 Å². The van der Waals surface area contributed by atoms with Gasteiger partial charge in [-0.3, -0.25) is 9.59 Å². The molecule has 0 radical (unpaired) electrons. The summed E-state index contributed by atoms with van der Waals surface area (Å²) in [5.74, 6) is -0.790. The second kappa shape index (κ2) is 6.52. The summed E-state index contributed by atoms with van der Waals surface area (Å²) in [4.78, 5) is 22.9. The van der Waals surface area contributed by atoms with E-state index in [2.05, 4.69) is 5.32 Å². The first-order valence-corrected chi connectivity index (χ1v) is 6.51. The molecule has 0 aliphatic carbocycles. The van der Waals surface area contributed by atoms with E-state index in [1.807, 2.05) is 31.2 Å². The summed E-state index contributed by atoms with van der Waals surface area (Å²) >= 11 is 0. The van der Waals surface area contributed by atoms with Gasteiger partial charge in [-0.2, -0.15) is 0 Å². The zero-order chi connectivity index (χ0) is 15.2. The number of carbonyl (C=O) groups is 2. The molecule has 0 saturated heterocycles. The number of hydrogen-bond donors (Lipinski definition) is 2. The second-order valence-corrected chi connectivity index (χ2v) is 4.62. The van der Waals surface area contributed by atoms with E-state index >= 15 is 0 Å². The summed E-state index contributed by atoms with van der Waals surface area (Å²) in [6.07, 6.45) is 3.21. The van der Waals surface area contributed by atoms with Gasteiger partial charge in [-0.25, -0.2) is 0 Å². The van der Waals surface area contributed by atoms with Gasteiger partial charge in [0.15, 0.2) is 0 Å². The van der Waals surface area contributed by atoms with Crippen LogP contribution in [0.4, 0.5) is 5.69 Å². The van der Waals surface area contributed by atoms with E-state index in [9.17, 15) is 9.59 Å². The quantitative estimate of drug-likeness (QED) is 0.845. The van der Waals surface area contributed by atoms with E-state index in [0.29, 0.717) is 11.3 Å². The highest BCUT2D eigenvalue weighted by Gasteiger charge is 2.03. The summed E-state index contributed by atoms with van der Waals surface area (Å²) in [6, 6.07) is 14.3. The largest absolute Gasteiger partial charge is 0.366 e. The maximum Gasteiger partial charge on any atom is 0.248 e. The molecule has 0 aromatic heterocycles. The van der Waals surface area contributed by atoms with Crippen LogP contribution in [-0.2, 0) is 4.79 Å². The van der Waals surface area contributed by atoms with E-state index in [-0.39, 0.29) is 5.91 Å². The first-order chi connectivity index (χ1) is 10.1. The lowest BCUT2D eigenvalue weighted by molar-refractivity contribution is -0.111. The maximum absolute atomic E-state index is 11.9. The third kappa shape index (κ3) is 4.04. The van der Waals surface area contributed by atoms with Crippen LogP contribution in [0.25, 0.3) is 6.08 Å². The topological polar surface area (TPSA) is 72.2 Å². The average Bonchev–Trinajstić information content (AvgIpc) is 2.46. The van der Waals surface area contributed by atoms with Crippen molar-refractivity contribution in [2.75, 3.05) is 5.32 Å². The van der Waals surface area contributed by atoms with Crippen LogP contribution in [0.3, 0.4) is 0 Å². The minimum absolute atomic E-state index is 0.264. The van der Waals surface area contributed by atoms with Crippen LogP contribution in [0.1, 0.15) is 21.5 Å². The van der Waals surface area contributed by atoms with Gasteiger partial charge in [0.05, 0.1) is 0 Å². The van der Waals surface area contributed by atoms with Crippen molar-refractivity contribution >= 4 is 23.6 Å². The molecule has 2 aromatic rings. The Bertz CT molecular complexity index is 705. The molecule has 106 valence electrons. The molecule has 4 heteroatoms. The van der Waals surface area contributed by atoms with Crippen molar-refractivity contribution in [3.63, 3.8) is 0 Å². The Kier molecular flexibility index (Phi) is 4.51. The molecule has 0 atom stereocenters. The van der Waals surface area contributed by atoms with Crippen molar-refractivity contribution < 1.29 is 9.59 Å². The fourth-order valence-electron chi connectivity index (χ4n) is 1.87. The molecule has 0 unspecified atom stereocenters. The number of nitrogens with two attached hydrogens (primary N) is 1. The van der Waals surface area contributed by atoms with Gasteiger partial charge < -0.3 is 11.1 Å². The first kappa shape index (κ1) is 14.5. The van der Waals surface area contributed by atoms with Gasteiger partial charge in [-0.1, -0.05) is 30.3 Å². The molecule has 2 amide bonds. The molecule has 0 aliphatic heterocycles. The van der Waals surface area contributed by atoms with Crippen molar-refractivity contribution in [1.82, 2.24) is 0 Å². The highest BCUT2D eigenvalue weighted by molar-refractivity contribution is 6.03. The normalized spacial score (nSPS) is 10.5. The molecule has 0 aliphatic rings. The van der Waals surface area contributed by atoms with Crippen LogP contribution in [-0.4, -0.2) is 11.8 Å². The second-order valence-electron chi connectivity index (χ2n) is 4.62. The van der Waals surface area contributed by atoms with Crippen LogP contribution >= 0.6 is 0 Å². The summed E-state index contributed by atoms with van der Waals surface area (Å²) in [5, 5.41) is 2.69. The SMILES string of the molecule is Cc1ccccc1C=CC(=O)Nc1cccc(C(N)=O)c1. The number of rotatable bonds is 4. The molecular weight excluding hydrogens is 264 g/mol. The third-order valence-electron chi connectivity index (χ3n) is 3.02. The summed E-state index contributed by atoms with van der Waals surface area (Å²) in [6.45, 7) is 1.98. The summed E-state index contributed by atoms with van der Waals surface area (Å²) in [5.41, 5.74) is 8.17. The zero-order valence-electron chi connectivity index (χ0n) is 11.7. The predicted molar refractivity (Wildman–Crippen MR) is 83.8 cm³/mol. The Hall–Kier alpha value is -2.88. The summed E-state index contributed by atoms with van der Waals surface area (Å²) in [7, 11) is 0. The number of hydrogen-bond acceptors (Lipinski definition) is 2. The Balaban J connectivity index is 2.07. The number of primary amides is 1. The van der Waals surface area contributed by atoms with Crippen LogP contribution in [0.15, 0.2) is 54.6 Å². The average molecular weight is 280 g/mol. The lowest BCUT2D eigenvalue weighted by Crippen LogP contribution is -2.12. The third-order valence-corrected chi connectivity index (χ3v) is 3.02. The zero-order valence-corrected chi connectivity index (χ0v) is 11.7. The van der Waals surface area contributed by atoms with E-state index < -0.39 is 5.91 Å². The lowest BCUT2D eigenvalue weighted by Gasteiger charge is -2.04. The van der Waals surface area contributed by atoms with Crippen molar-refractivity contribution in [2.45, 2.75) is 6.92 Å². The Labute approximate surface area is 123 Å². The van der Waals surface area contributed by atoms with Gasteiger partial charge in [0.25, 0.3) is 0 Å². The summed E-state index contributed by atoms with van der Waals surface area (Å²) < 4.78 is 0. The van der Waals surface area contributed by atoms with Crippen LogP contribution in [0.2, 0.25) is 0 Å². The van der Waals surface area contributed by atoms with Gasteiger partial charge >= 0.3 is 0 Å². The molecule has 0 saturated carbocycles. The monoisotopic (exact) mass is 280 g/mol. The highest BCUT2D eigenvalue weighted by atomic mass is 16.1. The molecule has 2 aromatic carbocycles. The molecule has 0 bridgehead atoms. The molecule has 0 fully saturated rings. The van der Waals surface area contributed by atoms with E-state index in [4.69, 9.17) is 5.73 Å². The van der Waals surface area contributed by atoms with Crippen molar-refractivity contribution in [3.05, 3.63) is 71.3 Å². The van der Waals surface area contributed by atoms with Crippen molar-refractivity contribution in [2.24, 2.45) is 5.73 Å². The minimum Gasteiger partial charge on any atom is -0.366 e. The molecule has 0 heterocycles. The molecule has 3 N–H and O–H groups in total. The number of carbonyl (C=O) groups excluding carboxylic acids is 2. The van der Waals surface area contributed by atoms with Gasteiger partial charge in [0.2, 0.25) is 11.8 Å². The van der Waals surface area contributed by atoms with Gasteiger partial charge in [-0.05, 0) is 42.3 Å². The number of aryl methyl sites for hydroxylation is 1. The van der Waals surface area contributed by atoms with Crippen LogP contribution in [0.5, 0.6) is 0 Å². The Morgan fingerprint density at radius 1 is 1.10 bits per heavy atom. The molecule has 21 heavy (non-hydrogen) atoms. The minimum atomic E-state index is -0.526. The number of anilines is 1. The standard InChI is InChI=1S/C17H16N2O2/c1-12-5-2-3-6-13(12)9-10-16(20)19-15-8-4-7-14(11-15)17(18)21/h2-11H,1H3,(H2,18,21)(H,19,20). The van der Waals surface area contributed by atoms with E-state index in [1.165, 1.54) is 6.08 Å². The van der Waals surface area contributed by atoms with Crippen LogP contribution < -0.4 is 11.1 Å². The molecule has 4 nitrogen and oxygen atoms in total. The predicted octanol–water partition coefficient (Wildman–Crippen LogP) is 2.75. The molecule has 0 spiro atoms. The lowest BCUT2D eigenvalue weighted by atomic mass is 10.1. The van der Waals surface area contributed by atoms with Crippen LogP contribution in [0, 0.1) is 6.92 Å². The van der Waals surface area contributed by atoms with Gasteiger partial charge in [0, 0.05) is 17.3 Å². The smallest absolute Gasteiger partial charge is 0.248 e.